The fourth-order valence-electron chi connectivity index (χ4n) is 3.47. The number of hydrogen-bond acceptors (Lipinski definition) is 5. The number of anilines is 1. The molecule has 0 atom stereocenters. The minimum Gasteiger partial charge on any atom is -0.369 e. The molecule has 0 aliphatic carbocycles. The number of carbonyl (C=O) groups excluding carboxylic acids is 1. The molecule has 1 heterocycles. The molecule has 0 unspecified atom stereocenters. The van der Waals surface area contributed by atoms with Gasteiger partial charge in [-0.2, -0.15) is 0 Å². The van der Waals surface area contributed by atoms with Gasteiger partial charge in [-0.25, -0.2) is 4.39 Å². The Morgan fingerprint density at radius 1 is 1.14 bits per heavy atom. The van der Waals surface area contributed by atoms with E-state index in [2.05, 4.69) is 9.80 Å². The SMILES string of the molecule is CCN(Cc1cccc(F)c1)C(=O)CN1CCN(c2ccc([N+](=O)[O-])cc2)CC1. The Bertz CT molecular complexity index is 851. The van der Waals surface area contributed by atoms with Crippen molar-refractivity contribution in [2.75, 3.05) is 44.2 Å². The van der Waals surface area contributed by atoms with E-state index in [4.69, 9.17) is 0 Å². The van der Waals surface area contributed by atoms with Crippen LogP contribution in [0, 0.1) is 15.9 Å². The molecule has 1 aliphatic heterocycles. The maximum atomic E-state index is 13.4. The van der Waals surface area contributed by atoms with E-state index in [1.54, 1.807) is 23.1 Å². The van der Waals surface area contributed by atoms with E-state index in [1.807, 2.05) is 13.0 Å². The highest BCUT2D eigenvalue weighted by Gasteiger charge is 2.22. The van der Waals surface area contributed by atoms with Crippen molar-refractivity contribution >= 4 is 17.3 Å². The molecule has 0 saturated carbocycles. The summed E-state index contributed by atoms with van der Waals surface area (Å²) in [6, 6.07) is 12.9. The van der Waals surface area contributed by atoms with Gasteiger partial charge in [0.05, 0.1) is 11.5 Å². The Kier molecular flexibility index (Phi) is 6.77. The van der Waals surface area contributed by atoms with Crippen LogP contribution in [0.25, 0.3) is 0 Å². The Morgan fingerprint density at radius 2 is 1.83 bits per heavy atom. The van der Waals surface area contributed by atoms with Crippen LogP contribution in [0.4, 0.5) is 15.8 Å². The lowest BCUT2D eigenvalue weighted by Crippen LogP contribution is -2.50. The summed E-state index contributed by atoms with van der Waals surface area (Å²) < 4.78 is 13.4. The van der Waals surface area contributed by atoms with Gasteiger partial charge in [-0.15, -0.1) is 0 Å². The number of nitrogens with zero attached hydrogens (tertiary/aromatic N) is 4. The predicted octanol–water partition coefficient (Wildman–Crippen LogP) is 2.90. The number of halogens is 1. The van der Waals surface area contributed by atoms with Crippen LogP contribution in [0.2, 0.25) is 0 Å². The van der Waals surface area contributed by atoms with Crippen molar-refractivity contribution < 1.29 is 14.1 Å². The number of benzene rings is 2. The van der Waals surface area contributed by atoms with Crippen molar-refractivity contribution in [3.05, 3.63) is 70.0 Å². The maximum Gasteiger partial charge on any atom is 0.269 e. The minimum absolute atomic E-state index is 0.0283. The van der Waals surface area contributed by atoms with Gasteiger partial charge < -0.3 is 9.80 Å². The molecule has 0 bridgehead atoms. The fraction of sp³-hybridized carbons (Fsp3) is 0.381. The van der Waals surface area contributed by atoms with E-state index in [0.29, 0.717) is 19.6 Å². The zero-order valence-corrected chi connectivity index (χ0v) is 16.5. The molecule has 2 aromatic rings. The number of piperazine rings is 1. The van der Waals surface area contributed by atoms with E-state index in [9.17, 15) is 19.3 Å². The molecule has 154 valence electrons. The molecule has 1 aliphatic rings. The molecule has 7 nitrogen and oxygen atoms in total. The number of rotatable bonds is 7. The molecule has 2 aromatic carbocycles. The van der Waals surface area contributed by atoms with E-state index < -0.39 is 4.92 Å². The second kappa shape index (κ2) is 9.47. The molecule has 1 amide bonds. The summed E-state index contributed by atoms with van der Waals surface area (Å²) in [7, 11) is 0. The second-order valence-corrected chi connectivity index (χ2v) is 7.07. The highest BCUT2D eigenvalue weighted by Crippen LogP contribution is 2.20. The van der Waals surface area contributed by atoms with Gasteiger partial charge in [0.25, 0.3) is 5.69 Å². The average Bonchev–Trinajstić information content (AvgIpc) is 2.72. The van der Waals surface area contributed by atoms with E-state index >= 15 is 0 Å². The minimum atomic E-state index is -0.406. The summed E-state index contributed by atoms with van der Waals surface area (Å²) in [4.78, 5) is 29.1. The summed E-state index contributed by atoms with van der Waals surface area (Å²) in [5.41, 5.74) is 1.81. The summed E-state index contributed by atoms with van der Waals surface area (Å²) in [5, 5.41) is 10.8. The van der Waals surface area contributed by atoms with Gasteiger partial charge in [0.1, 0.15) is 5.82 Å². The smallest absolute Gasteiger partial charge is 0.269 e. The lowest BCUT2D eigenvalue weighted by Gasteiger charge is -2.36. The third-order valence-electron chi connectivity index (χ3n) is 5.15. The molecule has 0 radical (unpaired) electrons. The number of nitro benzene ring substituents is 1. The van der Waals surface area contributed by atoms with Crippen molar-refractivity contribution in [1.29, 1.82) is 0 Å². The van der Waals surface area contributed by atoms with Gasteiger partial charge in [-0.05, 0) is 36.8 Å². The number of hydrogen-bond donors (Lipinski definition) is 0. The molecular weight excluding hydrogens is 375 g/mol. The number of amides is 1. The predicted molar refractivity (Wildman–Crippen MR) is 109 cm³/mol. The van der Waals surface area contributed by atoms with E-state index in [1.165, 1.54) is 24.3 Å². The first-order valence-electron chi connectivity index (χ1n) is 9.70. The molecule has 1 saturated heterocycles. The van der Waals surface area contributed by atoms with Crippen LogP contribution in [0.15, 0.2) is 48.5 Å². The first-order chi connectivity index (χ1) is 14.0. The number of non-ortho nitro benzene ring substituents is 1. The fourth-order valence-corrected chi connectivity index (χ4v) is 3.47. The summed E-state index contributed by atoms with van der Waals surface area (Å²) in [6.07, 6.45) is 0. The number of likely N-dealkylation sites (N-methyl/N-ethyl adjacent to an activating group) is 1. The summed E-state index contributed by atoms with van der Waals surface area (Å²) in [5.74, 6) is -0.270. The van der Waals surface area contributed by atoms with Crippen LogP contribution in [0.1, 0.15) is 12.5 Å². The second-order valence-electron chi connectivity index (χ2n) is 7.07. The highest BCUT2D eigenvalue weighted by atomic mass is 19.1. The quantitative estimate of drug-likeness (QED) is 0.528. The standard InChI is InChI=1S/C21H25FN4O3/c1-2-24(15-17-4-3-5-18(22)14-17)21(27)16-23-10-12-25(13-11-23)19-6-8-20(9-7-19)26(28)29/h3-9,14H,2,10-13,15-16H2,1H3. The van der Waals surface area contributed by atoms with Gasteiger partial charge in [-0.1, -0.05) is 12.1 Å². The summed E-state index contributed by atoms with van der Waals surface area (Å²) >= 11 is 0. The van der Waals surface area contributed by atoms with Gasteiger partial charge >= 0.3 is 0 Å². The topological polar surface area (TPSA) is 69.9 Å². The maximum absolute atomic E-state index is 13.4. The first-order valence-corrected chi connectivity index (χ1v) is 9.70. The molecule has 0 aromatic heterocycles. The molecule has 0 spiro atoms. The Labute approximate surface area is 169 Å². The van der Waals surface area contributed by atoms with E-state index in [0.717, 1.165) is 37.4 Å². The summed E-state index contributed by atoms with van der Waals surface area (Å²) in [6.45, 7) is 6.19. The van der Waals surface area contributed by atoms with Gasteiger partial charge in [0.2, 0.25) is 5.91 Å². The molecule has 29 heavy (non-hydrogen) atoms. The van der Waals surface area contributed by atoms with Crippen LogP contribution in [-0.2, 0) is 11.3 Å². The van der Waals surface area contributed by atoms with Gasteiger partial charge in [-0.3, -0.25) is 19.8 Å². The van der Waals surface area contributed by atoms with Crippen molar-refractivity contribution in [3.8, 4) is 0 Å². The molecule has 0 N–H and O–H groups in total. The molecule has 8 heteroatoms. The van der Waals surface area contributed by atoms with E-state index in [-0.39, 0.29) is 17.4 Å². The lowest BCUT2D eigenvalue weighted by atomic mass is 10.2. The third kappa shape index (κ3) is 5.51. The molecule has 1 fully saturated rings. The third-order valence-corrected chi connectivity index (χ3v) is 5.15. The number of carbonyl (C=O) groups is 1. The van der Waals surface area contributed by atoms with Gasteiger partial charge in [0, 0.05) is 57.1 Å². The highest BCUT2D eigenvalue weighted by molar-refractivity contribution is 5.78. The Morgan fingerprint density at radius 3 is 2.41 bits per heavy atom. The first kappa shape index (κ1) is 20.7. The monoisotopic (exact) mass is 400 g/mol. The van der Waals surface area contributed by atoms with Crippen LogP contribution < -0.4 is 4.90 Å². The van der Waals surface area contributed by atoms with Crippen molar-refractivity contribution in [2.45, 2.75) is 13.5 Å². The van der Waals surface area contributed by atoms with Crippen LogP contribution in [-0.4, -0.2) is 59.9 Å². The Balaban J connectivity index is 1.51. The van der Waals surface area contributed by atoms with Crippen LogP contribution >= 0.6 is 0 Å². The van der Waals surface area contributed by atoms with Crippen molar-refractivity contribution in [1.82, 2.24) is 9.80 Å². The molecule has 3 rings (SSSR count). The van der Waals surface area contributed by atoms with Crippen molar-refractivity contribution in [3.63, 3.8) is 0 Å². The molecular formula is C21H25FN4O3. The van der Waals surface area contributed by atoms with Crippen LogP contribution in [0.5, 0.6) is 0 Å². The number of nitro groups is 1. The van der Waals surface area contributed by atoms with Crippen LogP contribution in [0.3, 0.4) is 0 Å². The normalized spacial score (nSPS) is 14.6. The zero-order valence-electron chi connectivity index (χ0n) is 16.5. The largest absolute Gasteiger partial charge is 0.369 e. The Hall–Kier alpha value is -3.00. The van der Waals surface area contributed by atoms with Gasteiger partial charge in [0.15, 0.2) is 0 Å². The lowest BCUT2D eigenvalue weighted by molar-refractivity contribution is -0.384. The van der Waals surface area contributed by atoms with Crippen molar-refractivity contribution in [2.24, 2.45) is 0 Å². The zero-order chi connectivity index (χ0) is 20.8. The average molecular weight is 400 g/mol.